The predicted octanol–water partition coefficient (Wildman–Crippen LogP) is 3.35. The maximum Gasteiger partial charge on any atom is 0.305 e. The Hall–Kier alpha value is -5.09. The minimum atomic E-state index is -1.03. The molecule has 0 fully saturated rings. The smallest absolute Gasteiger partial charge is 0.305 e. The molecule has 6 atom stereocenters. The van der Waals surface area contributed by atoms with Crippen LogP contribution in [0.15, 0.2) is 55.6 Å². The topological polar surface area (TPSA) is 230 Å². The fourth-order valence-corrected chi connectivity index (χ4v) is 6.59. The fourth-order valence-electron chi connectivity index (χ4n) is 6.59. The number of carboxylic acid groups (broad SMARTS) is 1. The summed E-state index contributed by atoms with van der Waals surface area (Å²) in [6.07, 6.45) is 3.13. The Balaban J connectivity index is 3.10. The van der Waals surface area contributed by atoms with E-state index in [0.29, 0.717) is 12.8 Å². The molecule has 342 valence electrons. The molecule has 0 aromatic heterocycles. The van der Waals surface area contributed by atoms with Gasteiger partial charge in [0.1, 0.15) is 0 Å². The lowest BCUT2D eigenvalue weighted by Gasteiger charge is -2.26. The highest BCUT2D eigenvalue weighted by Gasteiger charge is 2.27. The number of amides is 6. The number of hydrogen-bond donors (Lipinski definition) is 7. The van der Waals surface area contributed by atoms with Gasteiger partial charge in [0, 0.05) is 63.2 Å². The Morgan fingerprint density at radius 2 is 0.984 bits per heavy atom. The van der Waals surface area contributed by atoms with Crippen LogP contribution in [0.2, 0.25) is 0 Å². The second-order valence-electron chi connectivity index (χ2n) is 16.6. The van der Waals surface area contributed by atoms with Gasteiger partial charge in [-0.25, -0.2) is 0 Å². The molecule has 1 aromatic rings. The molecule has 1 rings (SSSR count). The van der Waals surface area contributed by atoms with Crippen molar-refractivity contribution in [2.75, 3.05) is 26.4 Å². The van der Waals surface area contributed by atoms with Gasteiger partial charge in [0.25, 0.3) is 0 Å². The third-order valence-electron chi connectivity index (χ3n) is 9.52. The minimum Gasteiger partial charge on any atom is -0.481 e. The van der Waals surface area contributed by atoms with Crippen molar-refractivity contribution >= 4 is 41.4 Å². The molecule has 0 saturated carbocycles. The number of carbonyl (C=O) groups is 7. The van der Waals surface area contributed by atoms with Crippen LogP contribution in [-0.4, -0.2) is 109 Å². The van der Waals surface area contributed by atoms with Gasteiger partial charge in [-0.15, -0.1) is 13.2 Å². The van der Waals surface area contributed by atoms with E-state index in [1.807, 2.05) is 71.9 Å². The Morgan fingerprint density at radius 1 is 0.574 bits per heavy atom. The van der Waals surface area contributed by atoms with Crippen molar-refractivity contribution < 1.29 is 48.1 Å². The summed E-state index contributed by atoms with van der Waals surface area (Å²) >= 11 is 0. The van der Waals surface area contributed by atoms with Crippen molar-refractivity contribution in [3.05, 3.63) is 61.2 Å². The lowest BCUT2D eigenvalue weighted by atomic mass is 9.98. The van der Waals surface area contributed by atoms with Crippen molar-refractivity contribution in [3.8, 4) is 0 Å². The Labute approximate surface area is 362 Å². The van der Waals surface area contributed by atoms with E-state index in [1.54, 1.807) is 6.08 Å². The molecule has 0 aliphatic heterocycles. The van der Waals surface area contributed by atoms with Crippen LogP contribution in [0.25, 0.3) is 0 Å². The minimum absolute atomic E-state index is 0.00101. The van der Waals surface area contributed by atoms with Crippen LogP contribution < -0.4 is 31.9 Å². The van der Waals surface area contributed by atoms with Gasteiger partial charge in [0.2, 0.25) is 35.4 Å². The summed E-state index contributed by atoms with van der Waals surface area (Å²) in [6.45, 7) is 20.4. The molecule has 16 heteroatoms. The maximum atomic E-state index is 13.7. The molecule has 16 nitrogen and oxygen atoms in total. The van der Waals surface area contributed by atoms with Crippen LogP contribution in [0.3, 0.4) is 0 Å². The molecule has 0 radical (unpaired) electrons. The SMILES string of the molecule is C=CCOC[C@@H](CC(=O)N[C@H](CC(=O)N[C@H](CC(=O)N[C@@H](COCC=C)CC(=O)N[C@@H](CC(=O)O)CC(C)C)C(C)C)Cc1ccccc1)NC(=O)C[C@@H](NC(C)=O)C(C)C. The molecule has 0 aliphatic rings. The molecule has 7 N–H and O–H groups in total. The Bertz CT molecular complexity index is 1550. The first-order chi connectivity index (χ1) is 28.8. The number of aliphatic carboxylic acids is 1. The van der Waals surface area contributed by atoms with E-state index in [9.17, 15) is 38.7 Å². The second-order valence-corrected chi connectivity index (χ2v) is 16.6. The molecule has 0 unspecified atom stereocenters. The number of hydrogen-bond acceptors (Lipinski definition) is 9. The number of benzene rings is 1. The van der Waals surface area contributed by atoms with Crippen LogP contribution in [0, 0.1) is 17.8 Å². The highest BCUT2D eigenvalue weighted by molar-refractivity contribution is 5.84. The highest BCUT2D eigenvalue weighted by Crippen LogP contribution is 2.13. The predicted molar refractivity (Wildman–Crippen MR) is 234 cm³/mol. The summed E-state index contributed by atoms with van der Waals surface area (Å²) in [7, 11) is 0. The average Bonchev–Trinajstić information content (AvgIpc) is 3.13. The zero-order valence-corrected chi connectivity index (χ0v) is 37.3. The van der Waals surface area contributed by atoms with Gasteiger partial charge in [-0.3, -0.25) is 33.6 Å². The van der Waals surface area contributed by atoms with Crippen molar-refractivity contribution in [2.45, 2.75) is 136 Å². The zero-order chi connectivity index (χ0) is 45.9. The van der Waals surface area contributed by atoms with Crippen LogP contribution in [0.5, 0.6) is 0 Å². The molecule has 6 amide bonds. The first-order valence-electron chi connectivity index (χ1n) is 21.2. The summed E-state index contributed by atoms with van der Waals surface area (Å²) in [5, 5.41) is 26.5. The van der Waals surface area contributed by atoms with Crippen molar-refractivity contribution in [1.29, 1.82) is 0 Å². The third kappa shape index (κ3) is 26.0. The highest BCUT2D eigenvalue weighted by atomic mass is 16.5. The summed E-state index contributed by atoms with van der Waals surface area (Å²) in [5.74, 6) is -3.37. The average molecular weight is 857 g/mol. The van der Waals surface area contributed by atoms with Crippen LogP contribution in [0.4, 0.5) is 0 Å². The molecule has 1 aromatic carbocycles. The van der Waals surface area contributed by atoms with Gasteiger partial charge in [-0.1, -0.05) is 84.0 Å². The quantitative estimate of drug-likeness (QED) is 0.0413. The number of nitrogens with one attached hydrogen (secondary N) is 6. The molecule has 61 heavy (non-hydrogen) atoms. The number of ether oxygens (including phenoxy) is 2. The molecule has 0 spiro atoms. The lowest BCUT2D eigenvalue weighted by molar-refractivity contribution is -0.138. The van der Waals surface area contributed by atoms with E-state index in [1.165, 1.54) is 13.0 Å². The maximum absolute atomic E-state index is 13.7. The van der Waals surface area contributed by atoms with Crippen LogP contribution >= 0.6 is 0 Å². The van der Waals surface area contributed by atoms with Crippen molar-refractivity contribution in [3.63, 3.8) is 0 Å². The molecular formula is C45H72N6O10. The van der Waals surface area contributed by atoms with E-state index in [-0.39, 0.29) is 94.5 Å². The van der Waals surface area contributed by atoms with Gasteiger partial charge in [-0.05, 0) is 36.2 Å². The summed E-state index contributed by atoms with van der Waals surface area (Å²) < 4.78 is 11.2. The van der Waals surface area contributed by atoms with Crippen molar-refractivity contribution in [1.82, 2.24) is 31.9 Å². The van der Waals surface area contributed by atoms with Gasteiger partial charge in [0.05, 0.1) is 44.9 Å². The number of rotatable bonds is 32. The van der Waals surface area contributed by atoms with Gasteiger partial charge < -0.3 is 46.5 Å². The van der Waals surface area contributed by atoms with E-state index in [2.05, 4.69) is 45.1 Å². The van der Waals surface area contributed by atoms with Crippen molar-refractivity contribution in [2.24, 2.45) is 17.8 Å². The molecule has 0 saturated heterocycles. The largest absolute Gasteiger partial charge is 0.481 e. The van der Waals surface area contributed by atoms with E-state index < -0.39 is 65.8 Å². The van der Waals surface area contributed by atoms with E-state index in [4.69, 9.17) is 9.47 Å². The number of carbonyl (C=O) groups excluding carboxylic acids is 6. The van der Waals surface area contributed by atoms with Crippen LogP contribution in [0.1, 0.15) is 99.0 Å². The standard InChI is InChI=1S/C45H72N6O10/c1-10-17-60-27-36(22-40(53)47-34(19-29(3)4)24-45(58)59)50-44(57)26-39(31(7)8)51-42(55)21-35(20-33-15-13-12-14-16-33)48-41(54)23-37(28-61-18-11-2)49-43(56)25-38(30(5)6)46-32(9)52/h10-16,29-31,34-39H,1-2,17-28H2,3-9H3,(H,46,52)(H,47,53)(H,48,54)(H,49,56)(H,50,57)(H,51,55)(H,58,59)/t34-,35+,36-,37-,38-,39-/m1/s1. The summed E-state index contributed by atoms with van der Waals surface area (Å²) in [5.41, 5.74) is 0.879. The Kier molecular flexibility index (Phi) is 26.5. The molecule has 0 bridgehead atoms. The molecule has 0 heterocycles. The van der Waals surface area contributed by atoms with Gasteiger partial charge in [-0.2, -0.15) is 0 Å². The summed E-state index contributed by atoms with van der Waals surface area (Å²) in [4.78, 5) is 89.9. The Morgan fingerprint density at radius 3 is 1.41 bits per heavy atom. The first-order valence-corrected chi connectivity index (χ1v) is 21.2. The number of carboxylic acids is 1. The lowest BCUT2D eigenvalue weighted by Crippen LogP contribution is -2.49. The van der Waals surface area contributed by atoms with Crippen LogP contribution in [-0.2, 0) is 49.5 Å². The van der Waals surface area contributed by atoms with Gasteiger partial charge >= 0.3 is 5.97 Å². The molecular weight excluding hydrogens is 785 g/mol. The second kappa shape index (κ2) is 30.0. The first kappa shape index (κ1) is 53.9. The van der Waals surface area contributed by atoms with Gasteiger partial charge in [0.15, 0.2) is 0 Å². The zero-order valence-electron chi connectivity index (χ0n) is 37.3. The normalized spacial score (nSPS) is 14.1. The van der Waals surface area contributed by atoms with E-state index >= 15 is 0 Å². The summed E-state index contributed by atoms with van der Waals surface area (Å²) in [6, 6.07) is 5.65. The third-order valence-corrected chi connectivity index (χ3v) is 9.52. The fraction of sp³-hybridized carbons (Fsp3) is 0.622. The monoisotopic (exact) mass is 857 g/mol. The van der Waals surface area contributed by atoms with E-state index in [0.717, 1.165) is 5.56 Å². The molecule has 0 aliphatic carbocycles.